The highest BCUT2D eigenvalue weighted by molar-refractivity contribution is 6.10. The van der Waals surface area contributed by atoms with Gasteiger partial charge in [-0.05, 0) is 19.1 Å². The number of fused-ring (bicyclic) bond motifs is 1. The number of carbonyl (C=O) groups excluding carboxylic acids is 2. The van der Waals surface area contributed by atoms with Gasteiger partial charge in [-0.25, -0.2) is 0 Å². The van der Waals surface area contributed by atoms with Gasteiger partial charge in [0.05, 0.1) is 17.3 Å². The molecule has 18 heavy (non-hydrogen) atoms. The van der Waals surface area contributed by atoms with Gasteiger partial charge in [-0.15, -0.1) is 0 Å². The number of rotatable bonds is 2. The average molecular weight is 247 g/mol. The summed E-state index contributed by atoms with van der Waals surface area (Å²) in [6.07, 6.45) is 0. The van der Waals surface area contributed by atoms with Crippen LogP contribution in [0.3, 0.4) is 0 Å². The number of benzene rings is 1. The van der Waals surface area contributed by atoms with Crippen LogP contribution in [0.2, 0.25) is 0 Å². The Balaban J connectivity index is 2.34. The molecule has 0 saturated heterocycles. The first kappa shape index (κ1) is 12.6. The number of amides is 2. The van der Waals surface area contributed by atoms with Crippen molar-refractivity contribution in [3.63, 3.8) is 0 Å². The first-order valence-electron chi connectivity index (χ1n) is 5.96. The summed E-state index contributed by atoms with van der Waals surface area (Å²) in [5.74, 6) is -0.616. The van der Waals surface area contributed by atoms with Gasteiger partial charge in [-0.2, -0.15) is 0 Å². The van der Waals surface area contributed by atoms with Crippen LogP contribution in [0, 0.1) is 5.92 Å². The molecule has 1 heterocycles. The second-order valence-corrected chi connectivity index (χ2v) is 4.64. The second-order valence-electron chi connectivity index (χ2n) is 4.64. The minimum Gasteiger partial charge on any atom is -0.327 e. The van der Waals surface area contributed by atoms with Crippen LogP contribution in [0.5, 0.6) is 0 Å². The largest absolute Gasteiger partial charge is 0.327 e. The molecule has 96 valence electrons. The predicted molar refractivity (Wildman–Crippen MR) is 70.2 cm³/mol. The van der Waals surface area contributed by atoms with Gasteiger partial charge in [0.15, 0.2) is 0 Å². The predicted octanol–water partition coefficient (Wildman–Crippen LogP) is 0.955. The third-order valence-corrected chi connectivity index (χ3v) is 3.21. The number of carbonyl (C=O) groups is 2. The van der Waals surface area contributed by atoms with Gasteiger partial charge in [0.1, 0.15) is 6.54 Å². The first-order valence-corrected chi connectivity index (χ1v) is 5.96. The summed E-state index contributed by atoms with van der Waals surface area (Å²) in [5, 5.41) is 2.75. The fourth-order valence-electron chi connectivity index (χ4n) is 1.90. The summed E-state index contributed by atoms with van der Waals surface area (Å²) in [7, 11) is 0. The third-order valence-electron chi connectivity index (χ3n) is 3.21. The van der Waals surface area contributed by atoms with Crippen molar-refractivity contribution in [2.45, 2.75) is 19.9 Å². The monoisotopic (exact) mass is 247 g/mol. The Bertz CT molecular complexity index is 485. The number of anilines is 2. The van der Waals surface area contributed by atoms with E-state index in [-0.39, 0.29) is 30.3 Å². The summed E-state index contributed by atoms with van der Waals surface area (Å²) >= 11 is 0. The van der Waals surface area contributed by atoms with E-state index in [4.69, 9.17) is 5.73 Å². The quantitative estimate of drug-likeness (QED) is 0.817. The van der Waals surface area contributed by atoms with E-state index >= 15 is 0 Å². The normalized spacial score (nSPS) is 17.7. The van der Waals surface area contributed by atoms with Crippen molar-refractivity contribution < 1.29 is 9.59 Å². The molecule has 0 spiro atoms. The molecular formula is C13H17N3O2. The van der Waals surface area contributed by atoms with E-state index in [2.05, 4.69) is 5.32 Å². The smallest absolute Gasteiger partial charge is 0.244 e. The van der Waals surface area contributed by atoms with Crippen molar-refractivity contribution in [1.29, 1.82) is 0 Å². The highest BCUT2D eigenvalue weighted by Gasteiger charge is 2.30. The first-order chi connectivity index (χ1) is 8.50. The average Bonchev–Trinajstić information content (AvgIpc) is 2.35. The van der Waals surface area contributed by atoms with Gasteiger partial charge in [0.2, 0.25) is 11.8 Å². The topological polar surface area (TPSA) is 75.4 Å². The van der Waals surface area contributed by atoms with Gasteiger partial charge in [-0.3, -0.25) is 9.59 Å². The Morgan fingerprint density at radius 2 is 2.06 bits per heavy atom. The molecule has 1 aliphatic heterocycles. The van der Waals surface area contributed by atoms with E-state index in [1.165, 1.54) is 4.90 Å². The Morgan fingerprint density at radius 1 is 1.39 bits per heavy atom. The number of hydrogen-bond acceptors (Lipinski definition) is 3. The van der Waals surface area contributed by atoms with E-state index in [0.29, 0.717) is 5.69 Å². The minimum absolute atomic E-state index is 0.0485. The number of nitrogens with two attached hydrogens (primary N) is 1. The standard InChI is InChI=1S/C13H17N3O2/c1-8(9(2)14)13(18)16-7-12(17)15-10-5-3-4-6-11(10)16/h3-6,8-9H,7,14H2,1-2H3,(H,15,17). The maximum Gasteiger partial charge on any atom is 0.244 e. The zero-order valence-electron chi connectivity index (χ0n) is 10.5. The molecule has 2 atom stereocenters. The van der Waals surface area contributed by atoms with Gasteiger partial charge >= 0.3 is 0 Å². The molecule has 1 aromatic rings. The van der Waals surface area contributed by atoms with E-state index in [0.717, 1.165) is 5.69 Å². The Kier molecular flexibility index (Phi) is 3.34. The fourth-order valence-corrected chi connectivity index (χ4v) is 1.90. The van der Waals surface area contributed by atoms with Crippen LogP contribution in [-0.4, -0.2) is 24.4 Å². The van der Waals surface area contributed by atoms with Crippen LogP contribution in [0.1, 0.15) is 13.8 Å². The maximum atomic E-state index is 12.3. The SMILES string of the molecule is CC(N)C(C)C(=O)N1CC(=O)Nc2ccccc21. The van der Waals surface area contributed by atoms with Crippen molar-refractivity contribution in [3.05, 3.63) is 24.3 Å². The molecule has 0 aliphatic carbocycles. The summed E-state index contributed by atoms with van der Waals surface area (Å²) in [5.41, 5.74) is 7.15. The molecule has 0 bridgehead atoms. The summed E-state index contributed by atoms with van der Waals surface area (Å²) < 4.78 is 0. The second kappa shape index (κ2) is 4.78. The van der Waals surface area contributed by atoms with Crippen molar-refractivity contribution in [1.82, 2.24) is 0 Å². The molecular weight excluding hydrogens is 230 g/mol. The molecule has 2 amide bonds. The molecule has 5 heteroatoms. The zero-order valence-corrected chi connectivity index (χ0v) is 10.5. The fraction of sp³-hybridized carbons (Fsp3) is 0.385. The number of nitrogens with one attached hydrogen (secondary N) is 1. The number of nitrogens with zero attached hydrogens (tertiary/aromatic N) is 1. The maximum absolute atomic E-state index is 12.3. The molecule has 5 nitrogen and oxygen atoms in total. The van der Waals surface area contributed by atoms with E-state index in [1.54, 1.807) is 19.9 Å². The van der Waals surface area contributed by atoms with E-state index in [1.807, 2.05) is 18.2 Å². The molecule has 2 rings (SSSR count). The molecule has 0 radical (unpaired) electrons. The lowest BCUT2D eigenvalue weighted by Gasteiger charge is -2.31. The van der Waals surface area contributed by atoms with Crippen molar-refractivity contribution in [3.8, 4) is 0 Å². The van der Waals surface area contributed by atoms with Crippen molar-refractivity contribution in [2.24, 2.45) is 11.7 Å². The van der Waals surface area contributed by atoms with Crippen LogP contribution >= 0.6 is 0 Å². The lowest BCUT2D eigenvalue weighted by molar-refractivity contribution is -0.124. The number of hydrogen-bond donors (Lipinski definition) is 2. The molecule has 1 aliphatic rings. The summed E-state index contributed by atoms with van der Waals surface area (Å²) in [6.45, 7) is 3.62. The molecule has 0 fully saturated rings. The van der Waals surface area contributed by atoms with Crippen molar-refractivity contribution in [2.75, 3.05) is 16.8 Å². The van der Waals surface area contributed by atoms with Crippen LogP contribution < -0.4 is 16.0 Å². The summed E-state index contributed by atoms with van der Waals surface area (Å²) in [6, 6.07) is 7.02. The van der Waals surface area contributed by atoms with E-state index in [9.17, 15) is 9.59 Å². The molecule has 3 N–H and O–H groups in total. The summed E-state index contributed by atoms with van der Waals surface area (Å²) in [4.78, 5) is 25.4. The lowest BCUT2D eigenvalue weighted by Crippen LogP contribution is -2.47. The Morgan fingerprint density at radius 3 is 2.72 bits per heavy atom. The van der Waals surface area contributed by atoms with Crippen LogP contribution in [-0.2, 0) is 9.59 Å². The highest BCUT2D eigenvalue weighted by Crippen LogP contribution is 2.30. The van der Waals surface area contributed by atoms with Crippen LogP contribution in [0.4, 0.5) is 11.4 Å². The highest BCUT2D eigenvalue weighted by atomic mass is 16.2. The third kappa shape index (κ3) is 2.22. The van der Waals surface area contributed by atoms with Gasteiger partial charge < -0.3 is 16.0 Å². The van der Waals surface area contributed by atoms with Gasteiger partial charge in [-0.1, -0.05) is 19.1 Å². The molecule has 0 saturated carbocycles. The van der Waals surface area contributed by atoms with Gasteiger partial charge in [0.25, 0.3) is 0 Å². The lowest BCUT2D eigenvalue weighted by atomic mass is 10.0. The Labute approximate surface area is 106 Å². The van der Waals surface area contributed by atoms with Gasteiger partial charge in [0, 0.05) is 6.04 Å². The molecule has 2 unspecified atom stereocenters. The van der Waals surface area contributed by atoms with E-state index < -0.39 is 0 Å². The van der Waals surface area contributed by atoms with Crippen LogP contribution in [0.25, 0.3) is 0 Å². The van der Waals surface area contributed by atoms with Crippen molar-refractivity contribution >= 4 is 23.2 Å². The zero-order chi connectivity index (χ0) is 13.3. The Hall–Kier alpha value is -1.88. The number of para-hydroxylation sites is 2. The molecule has 0 aromatic heterocycles. The minimum atomic E-state index is -0.316. The van der Waals surface area contributed by atoms with Crippen LogP contribution in [0.15, 0.2) is 24.3 Å². The molecule has 1 aromatic carbocycles.